The van der Waals surface area contributed by atoms with E-state index in [2.05, 4.69) is 26.6 Å². The average Bonchev–Trinajstić information content (AvgIpc) is 2.46. The van der Waals surface area contributed by atoms with Crippen molar-refractivity contribution in [1.29, 1.82) is 0 Å². The van der Waals surface area contributed by atoms with Crippen molar-refractivity contribution in [1.82, 2.24) is 0 Å². The summed E-state index contributed by atoms with van der Waals surface area (Å²) in [5, 5.41) is 5.52. The minimum Gasteiger partial charge on any atom is -0.385 e. The molecule has 2 rings (SSSR count). The van der Waals surface area contributed by atoms with Gasteiger partial charge in [0.1, 0.15) is 11.6 Å². The first-order valence-corrected chi connectivity index (χ1v) is 7.10. The van der Waals surface area contributed by atoms with Gasteiger partial charge in [0.15, 0.2) is 0 Å². The Morgan fingerprint density at radius 1 is 1.14 bits per heavy atom. The Hall–Kier alpha value is -1.95. The quantitative estimate of drug-likeness (QED) is 0.798. The van der Waals surface area contributed by atoms with Gasteiger partial charge in [0.05, 0.1) is 10.2 Å². The van der Waals surface area contributed by atoms with Crippen molar-refractivity contribution in [3.05, 3.63) is 58.1 Å². The van der Waals surface area contributed by atoms with Gasteiger partial charge in [0, 0.05) is 23.9 Å². The van der Waals surface area contributed by atoms with Crippen molar-refractivity contribution in [3.63, 3.8) is 0 Å². The third-order valence-electron chi connectivity index (χ3n) is 2.79. The van der Waals surface area contributed by atoms with Crippen LogP contribution in [0.1, 0.15) is 17.3 Å². The molecule has 0 aromatic heterocycles. The van der Waals surface area contributed by atoms with Crippen LogP contribution in [0.25, 0.3) is 0 Å². The summed E-state index contributed by atoms with van der Waals surface area (Å²) in [6, 6.07) is 8.68. The van der Waals surface area contributed by atoms with Crippen LogP contribution in [0, 0.1) is 11.6 Å². The van der Waals surface area contributed by atoms with Gasteiger partial charge in [-0.1, -0.05) is 0 Å². The first-order valence-electron chi connectivity index (χ1n) is 6.31. The molecule has 2 aromatic carbocycles. The number of anilines is 2. The van der Waals surface area contributed by atoms with Crippen LogP contribution in [0.3, 0.4) is 0 Å². The third-order valence-corrected chi connectivity index (χ3v) is 3.39. The number of amides is 1. The maximum absolute atomic E-state index is 13.6. The van der Waals surface area contributed by atoms with E-state index in [1.54, 1.807) is 24.3 Å². The fourth-order valence-electron chi connectivity index (χ4n) is 1.76. The molecule has 2 N–H and O–H groups in total. The molecule has 0 spiro atoms. The van der Waals surface area contributed by atoms with Crippen molar-refractivity contribution < 1.29 is 13.6 Å². The number of benzene rings is 2. The van der Waals surface area contributed by atoms with Crippen LogP contribution >= 0.6 is 15.9 Å². The molecule has 0 fully saturated rings. The van der Waals surface area contributed by atoms with Gasteiger partial charge in [-0.3, -0.25) is 4.79 Å². The molecule has 0 saturated heterocycles. The molecule has 3 nitrogen and oxygen atoms in total. The lowest BCUT2D eigenvalue weighted by molar-refractivity contribution is 0.102. The first-order chi connectivity index (χ1) is 10.0. The molecule has 110 valence electrons. The van der Waals surface area contributed by atoms with Gasteiger partial charge in [-0.05, 0) is 53.2 Å². The summed E-state index contributed by atoms with van der Waals surface area (Å²) >= 11 is 2.95. The van der Waals surface area contributed by atoms with Crippen molar-refractivity contribution in [2.24, 2.45) is 0 Å². The van der Waals surface area contributed by atoms with Crippen LogP contribution in [0.4, 0.5) is 20.2 Å². The lowest BCUT2D eigenvalue weighted by Gasteiger charge is -2.08. The summed E-state index contributed by atoms with van der Waals surface area (Å²) in [6.45, 7) is 2.75. The van der Waals surface area contributed by atoms with Gasteiger partial charge in [0.2, 0.25) is 0 Å². The molecule has 0 radical (unpaired) electrons. The molecule has 0 heterocycles. The second-order valence-electron chi connectivity index (χ2n) is 4.31. The molecule has 6 heteroatoms. The Bertz CT molecular complexity index is 659. The average molecular weight is 355 g/mol. The van der Waals surface area contributed by atoms with Gasteiger partial charge < -0.3 is 10.6 Å². The van der Waals surface area contributed by atoms with E-state index in [0.717, 1.165) is 12.2 Å². The number of nitrogens with one attached hydrogen (secondary N) is 2. The zero-order chi connectivity index (χ0) is 15.4. The number of halogens is 3. The van der Waals surface area contributed by atoms with Gasteiger partial charge >= 0.3 is 0 Å². The van der Waals surface area contributed by atoms with Crippen molar-refractivity contribution in [3.8, 4) is 0 Å². The highest BCUT2D eigenvalue weighted by Gasteiger charge is 2.12. The second-order valence-corrected chi connectivity index (χ2v) is 5.16. The summed E-state index contributed by atoms with van der Waals surface area (Å²) in [4.78, 5) is 12.0. The van der Waals surface area contributed by atoms with Crippen LogP contribution in [-0.4, -0.2) is 12.5 Å². The minimum atomic E-state index is -0.826. The number of hydrogen-bond acceptors (Lipinski definition) is 2. The summed E-state index contributed by atoms with van der Waals surface area (Å²) in [7, 11) is 0. The Balaban J connectivity index is 2.16. The highest BCUT2D eigenvalue weighted by Crippen LogP contribution is 2.24. The number of rotatable bonds is 4. The monoisotopic (exact) mass is 354 g/mol. The zero-order valence-electron chi connectivity index (χ0n) is 11.2. The normalized spacial score (nSPS) is 10.3. The molecule has 0 unspecified atom stereocenters. The maximum atomic E-state index is 13.6. The SMILES string of the molecule is CCNc1ccc(C(=O)Nc2cc(Br)c(F)cc2F)cc1. The topological polar surface area (TPSA) is 41.1 Å². The molecule has 0 saturated carbocycles. The molecule has 2 aromatic rings. The molecule has 0 aliphatic rings. The Labute approximate surface area is 129 Å². The van der Waals surface area contributed by atoms with Crippen LogP contribution in [0.2, 0.25) is 0 Å². The van der Waals surface area contributed by atoms with Gasteiger partial charge in [-0.15, -0.1) is 0 Å². The predicted octanol–water partition coefficient (Wildman–Crippen LogP) is 4.41. The van der Waals surface area contributed by atoms with E-state index in [9.17, 15) is 13.6 Å². The number of carbonyl (C=O) groups excluding carboxylic acids is 1. The fraction of sp³-hybridized carbons (Fsp3) is 0.133. The van der Waals surface area contributed by atoms with Gasteiger partial charge in [-0.25, -0.2) is 8.78 Å². The van der Waals surface area contributed by atoms with E-state index in [0.29, 0.717) is 11.6 Å². The summed E-state index contributed by atoms with van der Waals surface area (Å²) in [5.41, 5.74) is 1.20. The lowest BCUT2D eigenvalue weighted by atomic mass is 10.2. The molecular formula is C15H13BrF2N2O. The van der Waals surface area contributed by atoms with Crippen LogP contribution < -0.4 is 10.6 Å². The molecule has 0 aliphatic carbocycles. The van der Waals surface area contributed by atoms with E-state index in [-0.39, 0.29) is 10.2 Å². The maximum Gasteiger partial charge on any atom is 0.255 e. The zero-order valence-corrected chi connectivity index (χ0v) is 12.8. The largest absolute Gasteiger partial charge is 0.385 e. The van der Waals surface area contributed by atoms with Gasteiger partial charge in [0.25, 0.3) is 5.91 Å². The minimum absolute atomic E-state index is 0.0796. The smallest absolute Gasteiger partial charge is 0.255 e. The van der Waals surface area contributed by atoms with E-state index in [1.165, 1.54) is 6.07 Å². The summed E-state index contributed by atoms with van der Waals surface area (Å²) in [6.07, 6.45) is 0. The predicted molar refractivity (Wildman–Crippen MR) is 82.6 cm³/mol. The lowest BCUT2D eigenvalue weighted by Crippen LogP contribution is -2.13. The van der Waals surface area contributed by atoms with E-state index < -0.39 is 17.5 Å². The number of hydrogen-bond donors (Lipinski definition) is 2. The Morgan fingerprint density at radius 2 is 1.81 bits per heavy atom. The molecule has 0 aliphatic heterocycles. The molecule has 0 atom stereocenters. The van der Waals surface area contributed by atoms with Crippen LogP contribution in [-0.2, 0) is 0 Å². The molecular weight excluding hydrogens is 342 g/mol. The highest BCUT2D eigenvalue weighted by atomic mass is 79.9. The molecule has 0 bridgehead atoms. The second kappa shape index (κ2) is 6.67. The standard InChI is InChI=1S/C15H13BrF2N2O/c1-2-19-10-5-3-9(4-6-10)15(21)20-14-7-11(16)12(17)8-13(14)18/h3-8,19H,2H2,1H3,(H,20,21). The Morgan fingerprint density at radius 3 is 2.43 bits per heavy atom. The van der Waals surface area contributed by atoms with Crippen LogP contribution in [0.5, 0.6) is 0 Å². The van der Waals surface area contributed by atoms with Crippen molar-refractivity contribution >= 4 is 33.2 Å². The fourth-order valence-corrected chi connectivity index (χ4v) is 2.10. The van der Waals surface area contributed by atoms with Crippen molar-refractivity contribution in [2.45, 2.75) is 6.92 Å². The summed E-state index contributed by atoms with van der Waals surface area (Å²) in [5.74, 6) is -2.01. The first kappa shape index (κ1) is 15.4. The third kappa shape index (κ3) is 3.78. The highest BCUT2D eigenvalue weighted by molar-refractivity contribution is 9.10. The Kier molecular flexibility index (Phi) is 4.90. The van der Waals surface area contributed by atoms with E-state index >= 15 is 0 Å². The van der Waals surface area contributed by atoms with E-state index in [4.69, 9.17) is 0 Å². The molecule has 1 amide bonds. The summed E-state index contributed by atoms with van der Waals surface area (Å²) < 4.78 is 26.8. The van der Waals surface area contributed by atoms with Crippen molar-refractivity contribution in [2.75, 3.05) is 17.2 Å². The molecule has 21 heavy (non-hydrogen) atoms. The van der Waals surface area contributed by atoms with E-state index in [1.807, 2.05) is 6.92 Å². The van der Waals surface area contributed by atoms with Gasteiger partial charge in [-0.2, -0.15) is 0 Å². The van der Waals surface area contributed by atoms with Crippen LogP contribution in [0.15, 0.2) is 40.9 Å². The number of carbonyl (C=O) groups is 1.